The second kappa shape index (κ2) is 6.41. The van der Waals surface area contributed by atoms with Gasteiger partial charge in [0.25, 0.3) is 0 Å². The first kappa shape index (κ1) is 16.7. The molecule has 0 unspecified atom stereocenters. The Morgan fingerprint density at radius 1 is 1.30 bits per heavy atom. The van der Waals surface area contributed by atoms with E-state index in [1.165, 1.54) is 18.4 Å². The van der Waals surface area contributed by atoms with Gasteiger partial charge in [0.15, 0.2) is 5.65 Å². The summed E-state index contributed by atoms with van der Waals surface area (Å²) in [5.74, 6) is 1.14. The molecule has 126 valence electrons. The molecule has 0 bridgehead atoms. The van der Waals surface area contributed by atoms with Crippen molar-refractivity contribution in [3.8, 4) is 5.88 Å². The van der Waals surface area contributed by atoms with Crippen LogP contribution in [0.3, 0.4) is 0 Å². The molecule has 0 aromatic carbocycles. The maximum absolute atomic E-state index is 6.05. The molecule has 0 N–H and O–H groups in total. The van der Waals surface area contributed by atoms with Crippen molar-refractivity contribution in [3.05, 3.63) is 17.0 Å². The van der Waals surface area contributed by atoms with Crippen molar-refractivity contribution in [2.24, 2.45) is 0 Å². The van der Waals surface area contributed by atoms with E-state index in [0.29, 0.717) is 18.5 Å². The molecule has 1 aliphatic rings. The summed E-state index contributed by atoms with van der Waals surface area (Å²) in [5, 5.41) is 1.19. The number of aromatic nitrogens is 3. The fourth-order valence-electron chi connectivity index (χ4n) is 2.65. The summed E-state index contributed by atoms with van der Waals surface area (Å²) in [6, 6.07) is 1.15. The second-order valence-electron chi connectivity index (χ2n) is 7.38. The minimum Gasteiger partial charge on any atom is -0.480 e. The third-order valence-corrected chi connectivity index (χ3v) is 6.00. The van der Waals surface area contributed by atoms with E-state index in [-0.39, 0.29) is 5.28 Å². The molecule has 2 aromatic rings. The molecule has 1 saturated carbocycles. The number of rotatable bonds is 7. The topological polar surface area (TPSA) is 49.2 Å². The van der Waals surface area contributed by atoms with Crippen LogP contribution in [0.25, 0.3) is 11.0 Å². The largest absolute Gasteiger partial charge is 0.480 e. The molecule has 1 fully saturated rings. The molecule has 1 aliphatic carbocycles. The average molecular weight is 354 g/mol. The highest BCUT2D eigenvalue weighted by Crippen LogP contribution is 2.45. The van der Waals surface area contributed by atoms with Gasteiger partial charge in [-0.25, -0.2) is 0 Å². The van der Waals surface area contributed by atoms with Crippen LogP contribution in [-0.2, 0) is 11.5 Å². The Kier molecular flexibility index (Phi) is 4.67. The first-order valence-electron chi connectivity index (χ1n) is 8.07. The Bertz CT molecular complexity index is 707. The van der Waals surface area contributed by atoms with E-state index in [4.69, 9.17) is 21.1 Å². The molecule has 0 aliphatic heterocycles. The molecule has 23 heavy (non-hydrogen) atoms. The van der Waals surface area contributed by atoms with Crippen LogP contribution < -0.4 is 4.74 Å². The Morgan fingerprint density at radius 2 is 2.04 bits per heavy atom. The van der Waals surface area contributed by atoms with Gasteiger partial charge in [-0.1, -0.05) is 19.6 Å². The number of ether oxygens (including phenoxy) is 2. The summed E-state index contributed by atoms with van der Waals surface area (Å²) in [4.78, 5) is 8.62. The van der Waals surface area contributed by atoms with Gasteiger partial charge in [0.05, 0.1) is 12.5 Å². The normalized spacial score (nSPS) is 15.3. The molecular weight excluding hydrogens is 330 g/mol. The van der Waals surface area contributed by atoms with E-state index in [1.54, 1.807) is 7.11 Å². The van der Waals surface area contributed by atoms with E-state index < -0.39 is 8.07 Å². The lowest BCUT2D eigenvalue weighted by molar-refractivity contribution is 0.0898. The lowest BCUT2D eigenvalue weighted by atomic mass is 10.1. The highest BCUT2D eigenvalue weighted by molar-refractivity contribution is 6.76. The molecular formula is C16H24ClN3O2Si. The standard InChI is InChI=1S/C16H24ClN3O2Si/c1-21-15-13-12(11-5-6-11)9-20(14(13)18-16(17)19-15)10-22-7-8-23(2,3)4/h9,11H,5-8,10H2,1-4H3. The van der Waals surface area contributed by atoms with Crippen LogP contribution in [0.2, 0.25) is 31.0 Å². The lowest BCUT2D eigenvalue weighted by Gasteiger charge is -2.15. The molecule has 0 saturated heterocycles. The number of nitrogens with zero attached hydrogens (tertiary/aromatic N) is 3. The van der Waals surface area contributed by atoms with Gasteiger partial charge >= 0.3 is 0 Å². The summed E-state index contributed by atoms with van der Waals surface area (Å²) >= 11 is 6.05. The molecule has 0 amide bonds. The van der Waals surface area contributed by atoms with Gasteiger partial charge in [0, 0.05) is 20.9 Å². The Morgan fingerprint density at radius 3 is 2.65 bits per heavy atom. The zero-order valence-corrected chi connectivity index (χ0v) is 16.0. The van der Waals surface area contributed by atoms with Crippen molar-refractivity contribution < 1.29 is 9.47 Å². The van der Waals surface area contributed by atoms with Crippen molar-refractivity contribution in [3.63, 3.8) is 0 Å². The molecule has 2 heterocycles. The minimum atomic E-state index is -1.08. The van der Waals surface area contributed by atoms with E-state index in [2.05, 4.69) is 35.8 Å². The highest BCUT2D eigenvalue weighted by Gasteiger charge is 2.30. The number of fused-ring (bicyclic) bond motifs is 1. The average Bonchev–Trinajstić information content (AvgIpc) is 3.25. The molecule has 0 spiro atoms. The number of halogens is 1. The fourth-order valence-corrected chi connectivity index (χ4v) is 3.56. The van der Waals surface area contributed by atoms with Crippen molar-refractivity contribution in [2.75, 3.05) is 13.7 Å². The number of hydrogen-bond acceptors (Lipinski definition) is 4. The van der Waals surface area contributed by atoms with Gasteiger partial charge in [0.2, 0.25) is 11.2 Å². The zero-order chi connectivity index (χ0) is 16.6. The minimum absolute atomic E-state index is 0.207. The van der Waals surface area contributed by atoms with Crippen LogP contribution in [0, 0.1) is 0 Å². The quantitative estimate of drug-likeness (QED) is 0.423. The van der Waals surface area contributed by atoms with Crippen LogP contribution in [-0.4, -0.2) is 36.3 Å². The highest BCUT2D eigenvalue weighted by atomic mass is 35.5. The maximum atomic E-state index is 6.05. The van der Waals surface area contributed by atoms with Crippen LogP contribution >= 0.6 is 11.6 Å². The molecule has 2 aromatic heterocycles. The summed E-state index contributed by atoms with van der Waals surface area (Å²) < 4.78 is 13.3. The summed E-state index contributed by atoms with van der Waals surface area (Å²) in [7, 11) is 0.545. The first-order chi connectivity index (χ1) is 10.9. The molecule has 7 heteroatoms. The monoisotopic (exact) mass is 353 g/mol. The summed E-state index contributed by atoms with van der Waals surface area (Å²) in [6.07, 6.45) is 4.55. The summed E-state index contributed by atoms with van der Waals surface area (Å²) in [6.45, 7) is 8.33. The smallest absolute Gasteiger partial charge is 0.227 e. The Labute approximate surface area is 143 Å². The predicted molar refractivity (Wildman–Crippen MR) is 95.2 cm³/mol. The third kappa shape index (κ3) is 3.87. The van der Waals surface area contributed by atoms with Gasteiger partial charge in [-0.3, -0.25) is 0 Å². The van der Waals surface area contributed by atoms with Crippen molar-refractivity contribution in [1.82, 2.24) is 14.5 Å². The van der Waals surface area contributed by atoms with E-state index in [0.717, 1.165) is 23.7 Å². The van der Waals surface area contributed by atoms with Crippen LogP contribution in [0.1, 0.15) is 24.3 Å². The number of methoxy groups -OCH3 is 1. The van der Waals surface area contributed by atoms with Crippen LogP contribution in [0.5, 0.6) is 5.88 Å². The van der Waals surface area contributed by atoms with Gasteiger partial charge in [-0.2, -0.15) is 9.97 Å². The SMILES string of the molecule is COc1nc(Cl)nc2c1c(C1CC1)cn2COCC[Si](C)(C)C. The van der Waals surface area contributed by atoms with E-state index >= 15 is 0 Å². The Hall–Kier alpha value is -1.11. The zero-order valence-electron chi connectivity index (χ0n) is 14.2. The first-order valence-corrected chi connectivity index (χ1v) is 12.2. The predicted octanol–water partition coefficient (Wildman–Crippen LogP) is 4.28. The lowest BCUT2D eigenvalue weighted by Crippen LogP contribution is -2.22. The molecule has 0 radical (unpaired) electrons. The van der Waals surface area contributed by atoms with Crippen LogP contribution in [0.15, 0.2) is 6.20 Å². The van der Waals surface area contributed by atoms with Gasteiger partial charge in [-0.15, -0.1) is 0 Å². The van der Waals surface area contributed by atoms with Gasteiger partial charge in [-0.05, 0) is 42.0 Å². The summed E-state index contributed by atoms with van der Waals surface area (Å²) in [5.41, 5.74) is 2.05. The number of hydrogen-bond donors (Lipinski definition) is 0. The molecule has 0 atom stereocenters. The fraction of sp³-hybridized carbons (Fsp3) is 0.625. The van der Waals surface area contributed by atoms with Crippen LogP contribution in [0.4, 0.5) is 0 Å². The third-order valence-electron chi connectivity index (χ3n) is 4.12. The van der Waals surface area contributed by atoms with Gasteiger partial charge in [0.1, 0.15) is 6.73 Å². The molecule has 3 rings (SSSR count). The van der Waals surface area contributed by atoms with E-state index in [1.807, 2.05) is 4.57 Å². The van der Waals surface area contributed by atoms with Crippen molar-refractivity contribution in [2.45, 2.75) is 51.2 Å². The Balaban J connectivity index is 1.86. The second-order valence-corrected chi connectivity index (χ2v) is 13.3. The molecule has 5 nitrogen and oxygen atoms in total. The van der Waals surface area contributed by atoms with Gasteiger partial charge < -0.3 is 14.0 Å². The van der Waals surface area contributed by atoms with E-state index in [9.17, 15) is 0 Å². The van der Waals surface area contributed by atoms with Crippen molar-refractivity contribution >= 4 is 30.7 Å². The maximum Gasteiger partial charge on any atom is 0.227 e. The van der Waals surface area contributed by atoms with Crippen molar-refractivity contribution in [1.29, 1.82) is 0 Å².